The molecule has 0 radical (unpaired) electrons. The predicted octanol–water partition coefficient (Wildman–Crippen LogP) is 6.47. The number of ether oxygens (including phenoxy) is 3. The van der Waals surface area contributed by atoms with Crippen LogP contribution in [0.2, 0.25) is 5.15 Å². The summed E-state index contributed by atoms with van der Waals surface area (Å²) in [4.78, 5) is 17.7. The summed E-state index contributed by atoms with van der Waals surface area (Å²) >= 11 is 6.39. The lowest BCUT2D eigenvalue weighted by Gasteiger charge is -2.20. The zero-order valence-electron chi connectivity index (χ0n) is 21.0. The van der Waals surface area contributed by atoms with Crippen molar-refractivity contribution in [1.29, 1.82) is 5.26 Å². The third kappa shape index (κ3) is 5.23. The van der Waals surface area contributed by atoms with E-state index < -0.39 is 5.97 Å². The summed E-state index contributed by atoms with van der Waals surface area (Å²) < 4.78 is 19.1. The van der Waals surface area contributed by atoms with E-state index in [-0.39, 0.29) is 11.4 Å². The first kappa shape index (κ1) is 26.4. The van der Waals surface area contributed by atoms with Crippen LogP contribution >= 0.6 is 11.6 Å². The molecule has 0 fully saturated rings. The lowest BCUT2D eigenvalue weighted by atomic mass is 9.98. The van der Waals surface area contributed by atoms with Crippen LogP contribution in [0.4, 0.5) is 0 Å². The number of nitrogens with zero attached hydrogens (tertiary/aromatic N) is 3. The number of halogens is 1. The number of aromatic nitrogens is 2. The zero-order chi connectivity index (χ0) is 25.5. The van der Waals surface area contributed by atoms with Gasteiger partial charge >= 0.3 is 5.97 Å². The summed E-state index contributed by atoms with van der Waals surface area (Å²) in [6.45, 7) is 7.01. The lowest BCUT2D eigenvalue weighted by Crippen LogP contribution is -2.15. The number of hydrogen-bond acceptors (Lipinski definition) is 6. The predicted molar refractivity (Wildman–Crippen MR) is 137 cm³/mol. The standard InChI is InChI=1S/C27H32ClN3O4/c1-6-9-13-34-24-18(8-3)23(30-26(35-14-10-7-2)22(24)27(32)33-5)17-11-12-21-19(15-17)20(16-29)25(28)31(21)4/h11-12,15H,6-10,13-14H2,1-5H3. The van der Waals surface area contributed by atoms with Gasteiger partial charge in [-0.25, -0.2) is 9.78 Å². The van der Waals surface area contributed by atoms with Crippen LogP contribution in [0.25, 0.3) is 22.2 Å². The molecular weight excluding hydrogens is 466 g/mol. The molecule has 0 bridgehead atoms. The van der Waals surface area contributed by atoms with Gasteiger partial charge in [-0.1, -0.05) is 51.3 Å². The first-order valence-corrected chi connectivity index (χ1v) is 12.4. The number of nitriles is 1. The largest absolute Gasteiger partial charge is 0.492 e. The fourth-order valence-corrected chi connectivity index (χ4v) is 4.23. The minimum absolute atomic E-state index is 0.190. The van der Waals surface area contributed by atoms with Gasteiger partial charge in [0.25, 0.3) is 0 Å². The summed E-state index contributed by atoms with van der Waals surface area (Å²) in [6.07, 6.45) is 4.12. The number of esters is 1. The maximum atomic E-state index is 12.9. The number of benzene rings is 1. The highest BCUT2D eigenvalue weighted by Gasteiger charge is 2.28. The van der Waals surface area contributed by atoms with Gasteiger partial charge in [-0.2, -0.15) is 5.26 Å². The first-order valence-electron chi connectivity index (χ1n) is 12.0. The van der Waals surface area contributed by atoms with Gasteiger partial charge < -0.3 is 18.8 Å². The molecule has 1 aromatic carbocycles. The van der Waals surface area contributed by atoms with Crippen molar-refractivity contribution in [2.75, 3.05) is 20.3 Å². The molecule has 0 unspecified atom stereocenters. The molecule has 2 aromatic heterocycles. The van der Waals surface area contributed by atoms with Gasteiger partial charge in [0, 0.05) is 23.6 Å². The molecule has 7 nitrogen and oxygen atoms in total. The van der Waals surface area contributed by atoms with Crippen LogP contribution < -0.4 is 9.47 Å². The molecule has 0 aliphatic heterocycles. The molecule has 3 rings (SSSR count). The molecule has 8 heteroatoms. The van der Waals surface area contributed by atoms with Crippen LogP contribution in [0, 0.1) is 11.3 Å². The van der Waals surface area contributed by atoms with Crippen LogP contribution in [-0.2, 0) is 18.2 Å². The average Bonchev–Trinajstić information content (AvgIpc) is 3.11. The fourth-order valence-electron chi connectivity index (χ4n) is 3.99. The molecule has 0 aliphatic rings. The molecule has 0 spiro atoms. The molecular formula is C27H32ClN3O4. The van der Waals surface area contributed by atoms with E-state index in [9.17, 15) is 10.1 Å². The van der Waals surface area contributed by atoms with Gasteiger partial charge in [-0.3, -0.25) is 0 Å². The molecule has 0 atom stereocenters. The highest BCUT2D eigenvalue weighted by Crippen LogP contribution is 2.40. The van der Waals surface area contributed by atoms with Crippen LogP contribution in [0.5, 0.6) is 11.6 Å². The van der Waals surface area contributed by atoms with E-state index in [1.807, 2.05) is 32.2 Å². The lowest BCUT2D eigenvalue weighted by molar-refractivity contribution is 0.0589. The van der Waals surface area contributed by atoms with Crippen molar-refractivity contribution in [2.45, 2.75) is 52.9 Å². The summed E-state index contributed by atoms with van der Waals surface area (Å²) in [6, 6.07) is 7.97. The number of carbonyl (C=O) groups excluding carboxylic acids is 1. The smallest absolute Gasteiger partial charge is 0.347 e. The van der Waals surface area contributed by atoms with Crippen molar-refractivity contribution in [1.82, 2.24) is 9.55 Å². The molecule has 0 aliphatic carbocycles. The Morgan fingerprint density at radius 2 is 1.83 bits per heavy atom. The Bertz CT molecular complexity index is 1260. The van der Waals surface area contributed by atoms with Crippen LogP contribution in [0.15, 0.2) is 18.2 Å². The maximum absolute atomic E-state index is 12.9. The molecule has 186 valence electrons. The van der Waals surface area contributed by atoms with Crippen LogP contribution in [0.3, 0.4) is 0 Å². The zero-order valence-corrected chi connectivity index (χ0v) is 21.8. The summed E-state index contributed by atoms with van der Waals surface area (Å²) in [5.74, 6) is 0.0838. The van der Waals surface area contributed by atoms with E-state index in [1.165, 1.54) is 7.11 Å². The van der Waals surface area contributed by atoms with Crippen molar-refractivity contribution >= 4 is 28.5 Å². The second-order valence-electron chi connectivity index (χ2n) is 8.27. The molecule has 2 heterocycles. The number of rotatable bonds is 11. The van der Waals surface area contributed by atoms with E-state index in [2.05, 4.69) is 19.9 Å². The average molecular weight is 498 g/mol. The number of fused-ring (bicyclic) bond motifs is 1. The van der Waals surface area contributed by atoms with E-state index in [4.69, 9.17) is 30.8 Å². The van der Waals surface area contributed by atoms with E-state index in [0.29, 0.717) is 41.8 Å². The van der Waals surface area contributed by atoms with Gasteiger partial charge in [0.1, 0.15) is 17.0 Å². The van der Waals surface area contributed by atoms with Gasteiger partial charge in [-0.15, -0.1) is 0 Å². The van der Waals surface area contributed by atoms with Crippen molar-refractivity contribution < 1.29 is 19.0 Å². The summed E-state index contributed by atoms with van der Waals surface area (Å²) in [5, 5.41) is 10.8. The van der Waals surface area contributed by atoms with Crippen LogP contribution in [-0.4, -0.2) is 35.8 Å². The van der Waals surface area contributed by atoms with Crippen molar-refractivity contribution in [3.05, 3.63) is 40.0 Å². The van der Waals surface area contributed by atoms with E-state index in [0.717, 1.165) is 47.7 Å². The number of hydrogen-bond donors (Lipinski definition) is 0. The second-order valence-corrected chi connectivity index (χ2v) is 8.62. The molecule has 0 saturated carbocycles. The Balaban J connectivity index is 2.30. The molecule has 0 amide bonds. The van der Waals surface area contributed by atoms with Crippen LogP contribution in [0.1, 0.15) is 67.9 Å². The Morgan fingerprint density at radius 1 is 1.14 bits per heavy atom. The SMILES string of the molecule is CCCCOc1nc(-c2ccc3c(c2)c(C#N)c(Cl)n3C)c(CC)c(OCCCC)c1C(=O)OC. The normalized spacial score (nSPS) is 10.9. The number of aryl methyl sites for hydroxylation is 1. The van der Waals surface area contributed by atoms with Crippen molar-refractivity contribution in [3.63, 3.8) is 0 Å². The summed E-state index contributed by atoms with van der Waals surface area (Å²) in [7, 11) is 3.16. The number of pyridine rings is 1. The fraction of sp³-hybridized carbons (Fsp3) is 0.444. The van der Waals surface area contributed by atoms with Gasteiger partial charge in [0.05, 0.1) is 37.1 Å². The van der Waals surface area contributed by atoms with Crippen molar-refractivity contribution in [3.8, 4) is 29.0 Å². The molecule has 3 aromatic rings. The highest BCUT2D eigenvalue weighted by atomic mass is 35.5. The number of unbranched alkanes of at least 4 members (excludes halogenated alkanes) is 2. The van der Waals surface area contributed by atoms with Gasteiger partial charge in [-0.05, 0) is 31.4 Å². The third-order valence-corrected chi connectivity index (χ3v) is 6.39. The van der Waals surface area contributed by atoms with Gasteiger partial charge in [0.2, 0.25) is 5.88 Å². The molecule has 0 N–H and O–H groups in total. The highest BCUT2D eigenvalue weighted by molar-refractivity contribution is 6.32. The quantitative estimate of drug-likeness (QED) is 0.223. The Morgan fingerprint density at radius 3 is 2.43 bits per heavy atom. The Labute approximate surface area is 211 Å². The minimum atomic E-state index is -0.547. The van der Waals surface area contributed by atoms with E-state index >= 15 is 0 Å². The number of methoxy groups -OCH3 is 1. The maximum Gasteiger partial charge on any atom is 0.347 e. The minimum Gasteiger partial charge on any atom is -0.492 e. The Hall–Kier alpha value is -3.24. The monoisotopic (exact) mass is 497 g/mol. The molecule has 0 saturated heterocycles. The number of carbonyl (C=O) groups is 1. The first-order chi connectivity index (χ1) is 16.9. The van der Waals surface area contributed by atoms with E-state index in [1.54, 1.807) is 4.57 Å². The Kier molecular flexibility index (Phi) is 9.00. The third-order valence-electron chi connectivity index (χ3n) is 5.95. The molecule has 35 heavy (non-hydrogen) atoms. The topological polar surface area (TPSA) is 86.4 Å². The second kappa shape index (κ2) is 11.9. The van der Waals surface area contributed by atoms with Crippen molar-refractivity contribution in [2.24, 2.45) is 7.05 Å². The van der Waals surface area contributed by atoms with Gasteiger partial charge in [0.15, 0.2) is 5.56 Å². The summed E-state index contributed by atoms with van der Waals surface area (Å²) in [5.41, 5.74) is 3.67.